The molecule has 0 aromatic heterocycles. The minimum atomic E-state index is -1.21. The van der Waals surface area contributed by atoms with Crippen LogP contribution < -0.4 is 20.7 Å². The summed E-state index contributed by atoms with van der Waals surface area (Å²) in [7, 11) is 1.53. The van der Waals surface area contributed by atoms with Gasteiger partial charge >= 0.3 is 0 Å². The minimum Gasteiger partial charge on any atom is -0.491 e. The molecule has 0 bridgehead atoms. The molecule has 2 aromatic rings. The molecule has 0 saturated heterocycles. The number of ether oxygens (including phenoxy) is 1. The highest BCUT2D eigenvalue weighted by atomic mass is 16.5. The standard InChI is InChI=1S/C27H34N4O6/c1-18(32)24-27(36)31(2)15-16-37-22-13-7-6-12-20(22)25(34)29-21(17-23(33)30-24)26(35)28-14-8-11-19-9-4-3-5-10-19/h3-7,9-10,12-13,18,21,24,32H,8,11,14-17H2,1-2H3,(H,28,35)(H,29,34)(H,30,33)/t18-,21+,24+/m1/s1. The van der Waals surface area contributed by atoms with Crippen LogP contribution in [-0.4, -0.2) is 78.6 Å². The molecule has 0 aliphatic carbocycles. The van der Waals surface area contributed by atoms with Crippen LogP contribution in [0.5, 0.6) is 5.75 Å². The number of carbonyl (C=O) groups is 4. The van der Waals surface area contributed by atoms with Gasteiger partial charge in [0, 0.05) is 13.6 Å². The van der Waals surface area contributed by atoms with Gasteiger partial charge in [0.15, 0.2) is 0 Å². The summed E-state index contributed by atoms with van der Waals surface area (Å²) < 4.78 is 5.75. The van der Waals surface area contributed by atoms with Gasteiger partial charge in [0.25, 0.3) is 5.91 Å². The second-order valence-corrected chi connectivity index (χ2v) is 9.00. The monoisotopic (exact) mass is 510 g/mol. The topological polar surface area (TPSA) is 137 Å². The summed E-state index contributed by atoms with van der Waals surface area (Å²) in [6, 6.07) is 14.0. The predicted octanol–water partition coefficient (Wildman–Crippen LogP) is 0.641. The van der Waals surface area contributed by atoms with Crippen molar-refractivity contribution in [1.82, 2.24) is 20.9 Å². The molecule has 3 rings (SSSR count). The number of fused-ring (bicyclic) bond motifs is 1. The number of hydrogen-bond donors (Lipinski definition) is 4. The SMILES string of the molecule is C[C@@H](O)[C@@H]1NC(=O)C[C@@H](C(=O)NCCCc2ccccc2)NC(=O)c2ccccc2OCCN(C)C1=O. The molecule has 198 valence electrons. The Kier molecular flexibility index (Phi) is 10.0. The van der Waals surface area contributed by atoms with Crippen LogP contribution in [-0.2, 0) is 20.8 Å². The van der Waals surface area contributed by atoms with E-state index in [0.717, 1.165) is 12.0 Å². The van der Waals surface area contributed by atoms with Crippen molar-refractivity contribution in [3.05, 3.63) is 65.7 Å². The summed E-state index contributed by atoms with van der Waals surface area (Å²) in [5.74, 6) is -1.96. The van der Waals surface area contributed by atoms with E-state index >= 15 is 0 Å². The molecule has 1 aliphatic rings. The zero-order valence-corrected chi connectivity index (χ0v) is 21.1. The third kappa shape index (κ3) is 8.04. The fourth-order valence-electron chi connectivity index (χ4n) is 3.94. The molecule has 0 spiro atoms. The van der Waals surface area contributed by atoms with Gasteiger partial charge in [0.05, 0.1) is 24.6 Å². The minimum absolute atomic E-state index is 0.0817. The van der Waals surface area contributed by atoms with Crippen LogP contribution >= 0.6 is 0 Å². The third-order valence-corrected chi connectivity index (χ3v) is 6.05. The van der Waals surface area contributed by atoms with Crippen molar-refractivity contribution < 1.29 is 29.0 Å². The smallest absolute Gasteiger partial charge is 0.255 e. The van der Waals surface area contributed by atoms with Crippen LogP contribution in [0.3, 0.4) is 0 Å². The summed E-state index contributed by atoms with van der Waals surface area (Å²) >= 11 is 0. The van der Waals surface area contributed by atoms with Gasteiger partial charge in [-0.2, -0.15) is 0 Å². The summed E-state index contributed by atoms with van der Waals surface area (Å²) in [5, 5.41) is 18.0. The number of likely N-dealkylation sites (N-methyl/N-ethyl adjacent to an activating group) is 1. The van der Waals surface area contributed by atoms with Crippen LogP contribution in [0.4, 0.5) is 0 Å². The second kappa shape index (κ2) is 13.4. The highest BCUT2D eigenvalue weighted by Crippen LogP contribution is 2.18. The van der Waals surface area contributed by atoms with Crippen LogP contribution in [0.1, 0.15) is 35.7 Å². The first-order valence-corrected chi connectivity index (χ1v) is 12.3. The zero-order chi connectivity index (χ0) is 26.8. The number of carbonyl (C=O) groups excluding carboxylic acids is 4. The van der Waals surface area contributed by atoms with Crippen molar-refractivity contribution in [2.75, 3.05) is 26.7 Å². The Labute approximate surface area is 216 Å². The number of amides is 4. The molecule has 0 unspecified atom stereocenters. The number of nitrogens with zero attached hydrogens (tertiary/aromatic N) is 1. The number of aliphatic hydroxyl groups excluding tert-OH is 1. The Hall–Kier alpha value is -3.92. The molecule has 3 atom stereocenters. The lowest BCUT2D eigenvalue weighted by molar-refractivity contribution is -0.139. The number of hydrogen-bond acceptors (Lipinski definition) is 6. The molecule has 0 radical (unpaired) electrons. The normalized spacial score (nSPS) is 20.0. The van der Waals surface area contributed by atoms with Gasteiger partial charge in [-0.15, -0.1) is 0 Å². The van der Waals surface area contributed by atoms with Crippen LogP contribution in [0.2, 0.25) is 0 Å². The summed E-state index contributed by atoms with van der Waals surface area (Å²) in [4.78, 5) is 53.2. The van der Waals surface area contributed by atoms with Crippen LogP contribution in [0.15, 0.2) is 54.6 Å². The third-order valence-electron chi connectivity index (χ3n) is 6.05. The molecule has 37 heavy (non-hydrogen) atoms. The largest absolute Gasteiger partial charge is 0.491 e. The Morgan fingerprint density at radius 1 is 1.11 bits per heavy atom. The van der Waals surface area contributed by atoms with E-state index in [4.69, 9.17) is 4.74 Å². The number of nitrogens with one attached hydrogen (secondary N) is 3. The highest BCUT2D eigenvalue weighted by Gasteiger charge is 2.31. The van der Waals surface area contributed by atoms with E-state index in [1.807, 2.05) is 30.3 Å². The molecular formula is C27H34N4O6. The average molecular weight is 511 g/mol. The molecule has 0 saturated carbocycles. The van der Waals surface area contributed by atoms with Gasteiger partial charge in [0.1, 0.15) is 24.4 Å². The van der Waals surface area contributed by atoms with Gasteiger partial charge in [-0.25, -0.2) is 0 Å². The summed E-state index contributed by atoms with van der Waals surface area (Å²) in [5.41, 5.74) is 1.34. The van der Waals surface area contributed by atoms with Crippen molar-refractivity contribution in [2.45, 2.75) is 44.4 Å². The Morgan fingerprint density at radius 2 is 1.81 bits per heavy atom. The van der Waals surface area contributed by atoms with Crippen molar-refractivity contribution in [3.8, 4) is 5.75 Å². The Balaban J connectivity index is 1.77. The fraction of sp³-hybridized carbons (Fsp3) is 0.407. The maximum atomic E-state index is 13.1. The van der Waals surface area contributed by atoms with Gasteiger partial charge in [0.2, 0.25) is 17.7 Å². The first kappa shape index (κ1) is 27.7. The summed E-state index contributed by atoms with van der Waals surface area (Å²) in [6.07, 6.45) is -0.160. The first-order chi connectivity index (χ1) is 17.8. The molecule has 1 aliphatic heterocycles. The van der Waals surface area contributed by atoms with E-state index in [1.165, 1.54) is 18.9 Å². The Morgan fingerprint density at radius 3 is 2.54 bits per heavy atom. The molecule has 4 N–H and O–H groups in total. The van der Waals surface area contributed by atoms with E-state index in [9.17, 15) is 24.3 Å². The van der Waals surface area contributed by atoms with Gasteiger partial charge in [-0.05, 0) is 37.5 Å². The second-order valence-electron chi connectivity index (χ2n) is 9.00. The quantitative estimate of drug-likeness (QED) is 0.421. The van der Waals surface area contributed by atoms with E-state index < -0.39 is 48.2 Å². The van der Waals surface area contributed by atoms with Crippen molar-refractivity contribution in [3.63, 3.8) is 0 Å². The number of benzene rings is 2. The highest BCUT2D eigenvalue weighted by molar-refractivity contribution is 6.01. The Bertz CT molecular complexity index is 1090. The fourth-order valence-corrected chi connectivity index (χ4v) is 3.94. The van der Waals surface area contributed by atoms with Crippen molar-refractivity contribution in [2.24, 2.45) is 0 Å². The number of rotatable bonds is 6. The summed E-state index contributed by atoms with van der Waals surface area (Å²) in [6.45, 7) is 1.99. The van der Waals surface area contributed by atoms with Crippen LogP contribution in [0.25, 0.3) is 0 Å². The average Bonchev–Trinajstić information content (AvgIpc) is 2.89. The van der Waals surface area contributed by atoms with Crippen molar-refractivity contribution in [1.29, 1.82) is 0 Å². The lowest BCUT2D eigenvalue weighted by atomic mass is 10.1. The molecule has 0 fully saturated rings. The van der Waals surface area contributed by atoms with E-state index in [0.29, 0.717) is 13.0 Å². The van der Waals surface area contributed by atoms with E-state index in [2.05, 4.69) is 16.0 Å². The van der Waals surface area contributed by atoms with Crippen LogP contribution in [0, 0.1) is 0 Å². The predicted molar refractivity (Wildman–Crippen MR) is 137 cm³/mol. The van der Waals surface area contributed by atoms with Gasteiger partial charge in [-0.3, -0.25) is 19.2 Å². The maximum Gasteiger partial charge on any atom is 0.255 e. The van der Waals surface area contributed by atoms with Gasteiger partial charge < -0.3 is 30.7 Å². The van der Waals surface area contributed by atoms with E-state index in [1.54, 1.807) is 24.3 Å². The molecular weight excluding hydrogens is 476 g/mol. The van der Waals surface area contributed by atoms with E-state index in [-0.39, 0.29) is 24.5 Å². The lowest BCUT2D eigenvalue weighted by Crippen LogP contribution is -2.55. The molecule has 10 heteroatoms. The lowest BCUT2D eigenvalue weighted by Gasteiger charge is -2.28. The zero-order valence-electron chi connectivity index (χ0n) is 21.1. The molecule has 4 amide bonds. The van der Waals surface area contributed by atoms with Crippen molar-refractivity contribution >= 4 is 23.6 Å². The van der Waals surface area contributed by atoms with Gasteiger partial charge in [-0.1, -0.05) is 42.5 Å². The number of para-hydroxylation sites is 1. The molecule has 2 aromatic carbocycles. The number of aliphatic hydroxyl groups is 1. The maximum absolute atomic E-state index is 13.1. The number of aryl methyl sites for hydroxylation is 1. The molecule has 1 heterocycles. The first-order valence-electron chi connectivity index (χ1n) is 12.3. The molecule has 10 nitrogen and oxygen atoms in total.